The van der Waals surface area contributed by atoms with Gasteiger partial charge >= 0.3 is 0 Å². The number of nitrogen functional groups attached to an aromatic ring is 1. The van der Waals surface area contributed by atoms with E-state index >= 15 is 0 Å². The van der Waals surface area contributed by atoms with Crippen LogP contribution in [0.1, 0.15) is 25.2 Å². The van der Waals surface area contributed by atoms with Crippen LogP contribution in [0.2, 0.25) is 0 Å². The minimum atomic E-state index is 0.592. The topological polar surface area (TPSA) is 57.0 Å². The van der Waals surface area contributed by atoms with Crippen LogP contribution in [0.25, 0.3) is 11.3 Å². The molecule has 0 spiro atoms. The average Bonchev–Trinajstić information content (AvgIpc) is 2.76. The van der Waals surface area contributed by atoms with Gasteiger partial charge in [0.25, 0.3) is 0 Å². The number of anilines is 1. The highest BCUT2D eigenvalue weighted by Crippen LogP contribution is 2.31. The second kappa shape index (κ2) is 4.28. The summed E-state index contributed by atoms with van der Waals surface area (Å²) in [4.78, 5) is 0. The number of nitrogens with two attached hydrogens (primary N) is 1. The molecule has 4 nitrogen and oxygen atoms in total. The van der Waals surface area contributed by atoms with Crippen LogP contribution in [-0.2, 0) is 6.54 Å². The fraction of sp³-hybridized carbons (Fsp3) is 0.462. The summed E-state index contributed by atoms with van der Waals surface area (Å²) in [6, 6.07) is 2.11. The second-order valence-corrected chi connectivity index (χ2v) is 4.90. The van der Waals surface area contributed by atoms with Crippen molar-refractivity contribution in [2.45, 2.75) is 34.2 Å². The van der Waals surface area contributed by atoms with Crippen molar-refractivity contribution in [2.75, 3.05) is 5.73 Å². The zero-order valence-electron chi connectivity index (χ0n) is 10.8. The fourth-order valence-corrected chi connectivity index (χ4v) is 2.13. The van der Waals surface area contributed by atoms with Gasteiger partial charge in [-0.2, -0.15) is 0 Å². The fourth-order valence-electron chi connectivity index (χ4n) is 2.13. The number of hydrogen-bond acceptors (Lipinski definition) is 3. The Hall–Kier alpha value is -1.71. The molecule has 2 heterocycles. The monoisotopic (exact) mass is 233 g/mol. The number of aromatic nitrogens is 2. The summed E-state index contributed by atoms with van der Waals surface area (Å²) in [5.41, 5.74) is 9.87. The lowest BCUT2D eigenvalue weighted by molar-refractivity contribution is 0.432. The molecule has 0 aliphatic carbocycles. The molecule has 17 heavy (non-hydrogen) atoms. The summed E-state index contributed by atoms with van der Waals surface area (Å²) < 4.78 is 7.51. The Bertz CT molecular complexity index is 523. The van der Waals surface area contributed by atoms with Crippen molar-refractivity contribution in [1.29, 1.82) is 0 Å². The maximum absolute atomic E-state index is 5.84. The van der Waals surface area contributed by atoms with Gasteiger partial charge in [0.2, 0.25) is 0 Å². The van der Waals surface area contributed by atoms with E-state index in [1.165, 1.54) is 11.4 Å². The molecule has 92 valence electrons. The minimum Gasteiger partial charge on any atom is -0.394 e. The molecule has 0 fully saturated rings. The SMILES string of the molecule is Cc1cc(-c2oncc2N)c(C)n1CC(C)C. The van der Waals surface area contributed by atoms with Crippen LogP contribution in [0, 0.1) is 19.8 Å². The van der Waals surface area contributed by atoms with E-state index in [1.807, 2.05) is 0 Å². The highest BCUT2D eigenvalue weighted by atomic mass is 16.5. The Kier molecular flexibility index (Phi) is 2.96. The molecule has 0 aliphatic heterocycles. The van der Waals surface area contributed by atoms with E-state index in [0.29, 0.717) is 17.4 Å². The van der Waals surface area contributed by atoms with E-state index in [2.05, 4.69) is 43.5 Å². The second-order valence-electron chi connectivity index (χ2n) is 4.90. The van der Waals surface area contributed by atoms with Crippen LogP contribution in [0.15, 0.2) is 16.8 Å². The van der Waals surface area contributed by atoms with Gasteiger partial charge in [-0.1, -0.05) is 19.0 Å². The zero-order valence-corrected chi connectivity index (χ0v) is 10.8. The van der Waals surface area contributed by atoms with Crippen molar-refractivity contribution in [3.05, 3.63) is 23.7 Å². The largest absolute Gasteiger partial charge is 0.394 e. The summed E-state index contributed by atoms with van der Waals surface area (Å²) in [5, 5.41) is 3.73. The van der Waals surface area contributed by atoms with E-state index < -0.39 is 0 Å². The molecule has 0 unspecified atom stereocenters. The number of rotatable bonds is 3. The van der Waals surface area contributed by atoms with Crippen LogP contribution in [0.5, 0.6) is 0 Å². The Labute approximate surface area is 101 Å². The minimum absolute atomic E-state index is 0.592. The third-order valence-corrected chi connectivity index (χ3v) is 2.96. The molecule has 0 aromatic carbocycles. The van der Waals surface area contributed by atoms with Gasteiger partial charge in [0.15, 0.2) is 5.76 Å². The van der Waals surface area contributed by atoms with E-state index in [9.17, 15) is 0 Å². The van der Waals surface area contributed by atoms with E-state index in [1.54, 1.807) is 6.20 Å². The normalized spacial score (nSPS) is 11.4. The summed E-state index contributed by atoms with van der Waals surface area (Å²) >= 11 is 0. The van der Waals surface area contributed by atoms with Gasteiger partial charge in [0.1, 0.15) is 5.69 Å². The molecule has 0 radical (unpaired) electrons. The van der Waals surface area contributed by atoms with Crippen molar-refractivity contribution in [2.24, 2.45) is 5.92 Å². The lowest BCUT2D eigenvalue weighted by Gasteiger charge is -2.12. The summed E-state index contributed by atoms with van der Waals surface area (Å²) in [7, 11) is 0. The van der Waals surface area contributed by atoms with Crippen molar-refractivity contribution < 1.29 is 4.52 Å². The molecule has 2 aromatic rings. The van der Waals surface area contributed by atoms with E-state index in [-0.39, 0.29) is 0 Å². The van der Waals surface area contributed by atoms with Crippen LogP contribution >= 0.6 is 0 Å². The van der Waals surface area contributed by atoms with E-state index in [0.717, 1.165) is 12.1 Å². The smallest absolute Gasteiger partial charge is 0.191 e. The third-order valence-electron chi connectivity index (χ3n) is 2.96. The molecule has 2 aromatic heterocycles. The standard InChI is InChI=1S/C13H19N3O/c1-8(2)7-16-9(3)5-11(10(16)4)13-12(14)6-15-17-13/h5-6,8H,7,14H2,1-4H3. The molecule has 4 heteroatoms. The Morgan fingerprint density at radius 3 is 2.65 bits per heavy atom. The predicted octanol–water partition coefficient (Wildman–Crippen LogP) is 3.00. The first kappa shape index (κ1) is 11.8. The van der Waals surface area contributed by atoms with Crippen LogP contribution in [0.3, 0.4) is 0 Å². The Morgan fingerprint density at radius 1 is 1.41 bits per heavy atom. The molecular formula is C13H19N3O. The number of aryl methyl sites for hydroxylation is 1. The molecule has 0 bridgehead atoms. The van der Waals surface area contributed by atoms with Crippen LogP contribution < -0.4 is 5.73 Å². The van der Waals surface area contributed by atoms with Crippen molar-refractivity contribution >= 4 is 5.69 Å². The molecule has 0 saturated carbocycles. The van der Waals surface area contributed by atoms with Gasteiger partial charge in [0, 0.05) is 23.5 Å². The Balaban J connectivity index is 2.48. The summed E-state index contributed by atoms with van der Waals surface area (Å²) in [6.45, 7) is 9.62. The van der Waals surface area contributed by atoms with Crippen molar-refractivity contribution in [1.82, 2.24) is 9.72 Å². The van der Waals surface area contributed by atoms with Crippen LogP contribution in [-0.4, -0.2) is 9.72 Å². The Morgan fingerprint density at radius 2 is 2.12 bits per heavy atom. The van der Waals surface area contributed by atoms with Gasteiger partial charge in [-0.05, 0) is 25.8 Å². The number of nitrogens with zero attached hydrogens (tertiary/aromatic N) is 2. The molecule has 0 aliphatic rings. The highest BCUT2D eigenvalue weighted by Gasteiger charge is 2.16. The van der Waals surface area contributed by atoms with Crippen molar-refractivity contribution in [3.63, 3.8) is 0 Å². The van der Waals surface area contributed by atoms with Gasteiger partial charge in [0.05, 0.1) is 6.20 Å². The highest BCUT2D eigenvalue weighted by molar-refractivity contribution is 5.72. The van der Waals surface area contributed by atoms with Gasteiger partial charge in [-0.15, -0.1) is 0 Å². The molecule has 0 atom stereocenters. The van der Waals surface area contributed by atoms with Crippen molar-refractivity contribution in [3.8, 4) is 11.3 Å². The predicted molar refractivity (Wildman–Crippen MR) is 68.7 cm³/mol. The number of hydrogen-bond donors (Lipinski definition) is 1. The molecule has 2 rings (SSSR count). The molecule has 0 saturated heterocycles. The lowest BCUT2D eigenvalue weighted by Crippen LogP contribution is -2.07. The third kappa shape index (κ3) is 2.07. The quantitative estimate of drug-likeness (QED) is 0.886. The first-order valence-electron chi connectivity index (χ1n) is 5.88. The van der Waals surface area contributed by atoms with E-state index in [4.69, 9.17) is 10.3 Å². The van der Waals surface area contributed by atoms with Gasteiger partial charge in [-0.3, -0.25) is 0 Å². The molecule has 0 amide bonds. The zero-order chi connectivity index (χ0) is 12.6. The molecular weight excluding hydrogens is 214 g/mol. The summed E-state index contributed by atoms with van der Waals surface area (Å²) in [6.07, 6.45) is 1.55. The van der Waals surface area contributed by atoms with Gasteiger partial charge < -0.3 is 14.8 Å². The first-order chi connectivity index (χ1) is 8.00. The first-order valence-corrected chi connectivity index (χ1v) is 5.88. The van der Waals surface area contributed by atoms with Crippen LogP contribution in [0.4, 0.5) is 5.69 Å². The molecule has 2 N–H and O–H groups in total. The average molecular weight is 233 g/mol. The maximum atomic E-state index is 5.84. The summed E-state index contributed by atoms with van der Waals surface area (Å²) in [5.74, 6) is 1.29. The maximum Gasteiger partial charge on any atom is 0.191 e. The van der Waals surface area contributed by atoms with Gasteiger partial charge in [-0.25, -0.2) is 0 Å². The lowest BCUT2D eigenvalue weighted by atomic mass is 10.1.